The Bertz CT molecular complexity index is 453. The summed E-state index contributed by atoms with van der Waals surface area (Å²) in [5.74, 6) is 1.80. The summed E-state index contributed by atoms with van der Waals surface area (Å²) >= 11 is 0. The highest BCUT2D eigenvalue weighted by atomic mass is 15.2. The number of anilines is 1. The monoisotopic (exact) mass is 232 g/mol. The molecular formula is C13H20N4. The number of hydrogen-bond donors (Lipinski definition) is 0. The van der Waals surface area contributed by atoms with Gasteiger partial charge in [0.15, 0.2) is 11.3 Å². The third-order valence-corrected chi connectivity index (χ3v) is 3.32. The van der Waals surface area contributed by atoms with E-state index in [0.717, 1.165) is 30.3 Å². The van der Waals surface area contributed by atoms with E-state index >= 15 is 0 Å². The van der Waals surface area contributed by atoms with Crippen molar-refractivity contribution in [2.24, 2.45) is 18.0 Å². The van der Waals surface area contributed by atoms with Crippen LogP contribution in [0.4, 0.5) is 5.82 Å². The van der Waals surface area contributed by atoms with Crippen LogP contribution in [0.15, 0.2) is 30.2 Å². The molecule has 17 heavy (non-hydrogen) atoms. The minimum atomic E-state index is 0.823. The van der Waals surface area contributed by atoms with Crippen LogP contribution < -0.4 is 10.4 Å². The second kappa shape index (κ2) is 5.17. The molecule has 0 bridgehead atoms. The van der Waals surface area contributed by atoms with E-state index in [9.17, 15) is 0 Å². The predicted molar refractivity (Wildman–Crippen MR) is 69.6 cm³/mol. The van der Waals surface area contributed by atoms with Crippen molar-refractivity contribution in [2.45, 2.75) is 19.8 Å². The molecule has 0 radical (unpaired) electrons. The van der Waals surface area contributed by atoms with Gasteiger partial charge in [-0.2, -0.15) is 0 Å². The lowest BCUT2D eigenvalue weighted by Gasteiger charge is -2.31. The van der Waals surface area contributed by atoms with E-state index in [1.807, 2.05) is 24.0 Å². The topological polar surface area (TPSA) is 33.4 Å². The lowest BCUT2D eigenvalue weighted by atomic mass is 9.99. The van der Waals surface area contributed by atoms with Gasteiger partial charge in [0.05, 0.1) is 0 Å². The van der Waals surface area contributed by atoms with Gasteiger partial charge in [-0.25, -0.2) is 9.98 Å². The highest BCUT2D eigenvalue weighted by Gasteiger charge is 2.18. The molecule has 0 unspecified atom stereocenters. The number of rotatable bonds is 2. The van der Waals surface area contributed by atoms with Crippen LogP contribution in [0.2, 0.25) is 0 Å². The summed E-state index contributed by atoms with van der Waals surface area (Å²) in [5.41, 5.74) is 0.886. The molecule has 0 N–H and O–H groups in total. The molecule has 92 valence electrons. The van der Waals surface area contributed by atoms with Gasteiger partial charge in [0.2, 0.25) is 0 Å². The van der Waals surface area contributed by atoms with Crippen molar-refractivity contribution < 1.29 is 0 Å². The van der Waals surface area contributed by atoms with E-state index in [-0.39, 0.29) is 0 Å². The fourth-order valence-electron chi connectivity index (χ4n) is 2.17. The second-order valence-electron chi connectivity index (χ2n) is 4.67. The van der Waals surface area contributed by atoms with E-state index in [4.69, 9.17) is 0 Å². The van der Waals surface area contributed by atoms with Crippen molar-refractivity contribution in [1.29, 1.82) is 0 Å². The molecule has 0 saturated carbocycles. The molecule has 1 aliphatic heterocycles. The molecule has 0 spiro atoms. The number of aryl methyl sites for hydroxylation is 1. The van der Waals surface area contributed by atoms with Crippen molar-refractivity contribution in [3.05, 3.63) is 30.7 Å². The Kier molecular flexibility index (Phi) is 3.61. The summed E-state index contributed by atoms with van der Waals surface area (Å²) in [4.78, 5) is 11.1. The fourth-order valence-corrected chi connectivity index (χ4v) is 2.17. The molecule has 4 nitrogen and oxygen atoms in total. The van der Waals surface area contributed by atoms with Crippen LogP contribution in [0.25, 0.3) is 0 Å². The summed E-state index contributed by atoms with van der Waals surface area (Å²) in [6.45, 7) is 8.11. The van der Waals surface area contributed by atoms with Crippen molar-refractivity contribution >= 4 is 5.82 Å². The molecule has 0 atom stereocenters. The Labute approximate surface area is 102 Å². The molecule has 1 aliphatic rings. The minimum Gasteiger partial charge on any atom is -0.354 e. The standard InChI is InChI=1S/C13H20N4/c1-4-14-12-13(15-7-10-16(12)3)17-8-5-11(2)6-9-17/h4,7,10-11H,1,5-6,8-9H2,2-3H3. The first-order chi connectivity index (χ1) is 8.22. The molecule has 1 fully saturated rings. The van der Waals surface area contributed by atoms with E-state index in [1.54, 1.807) is 6.20 Å². The third kappa shape index (κ3) is 2.57. The summed E-state index contributed by atoms with van der Waals surface area (Å²) in [5, 5.41) is 0. The SMILES string of the molecule is C=CN=c1c(N2CCC(C)CC2)nccn1C. The number of piperidine rings is 1. The van der Waals surface area contributed by atoms with Gasteiger partial charge >= 0.3 is 0 Å². The van der Waals surface area contributed by atoms with Gasteiger partial charge in [-0.3, -0.25) is 0 Å². The molecule has 0 amide bonds. The number of aromatic nitrogens is 2. The maximum Gasteiger partial charge on any atom is 0.175 e. The summed E-state index contributed by atoms with van der Waals surface area (Å²) in [7, 11) is 1.99. The molecule has 1 aromatic heterocycles. The summed E-state index contributed by atoms with van der Waals surface area (Å²) in [6.07, 6.45) is 7.78. The highest BCUT2D eigenvalue weighted by Crippen LogP contribution is 2.18. The zero-order chi connectivity index (χ0) is 12.3. The Hall–Kier alpha value is -1.58. The van der Waals surface area contributed by atoms with Crippen LogP contribution in [0.3, 0.4) is 0 Å². The first-order valence-corrected chi connectivity index (χ1v) is 6.13. The van der Waals surface area contributed by atoms with Crippen LogP contribution in [-0.2, 0) is 7.05 Å². The van der Waals surface area contributed by atoms with E-state index < -0.39 is 0 Å². The first-order valence-electron chi connectivity index (χ1n) is 6.13. The van der Waals surface area contributed by atoms with Gasteiger partial charge in [-0.15, -0.1) is 0 Å². The van der Waals surface area contributed by atoms with Gasteiger partial charge < -0.3 is 9.47 Å². The lowest BCUT2D eigenvalue weighted by Crippen LogP contribution is -2.38. The van der Waals surface area contributed by atoms with Crippen molar-refractivity contribution in [2.75, 3.05) is 18.0 Å². The molecule has 0 aliphatic carbocycles. The van der Waals surface area contributed by atoms with Gasteiger partial charge in [0.25, 0.3) is 0 Å². The largest absolute Gasteiger partial charge is 0.354 e. The molecule has 0 aromatic carbocycles. The van der Waals surface area contributed by atoms with E-state index in [0.29, 0.717) is 0 Å². The summed E-state index contributed by atoms with van der Waals surface area (Å²) < 4.78 is 1.99. The zero-order valence-electron chi connectivity index (χ0n) is 10.6. The third-order valence-electron chi connectivity index (χ3n) is 3.32. The van der Waals surface area contributed by atoms with Crippen LogP contribution in [0.5, 0.6) is 0 Å². The lowest BCUT2D eigenvalue weighted by molar-refractivity contribution is 0.435. The average molecular weight is 232 g/mol. The minimum absolute atomic E-state index is 0.823. The Morgan fingerprint density at radius 3 is 2.82 bits per heavy atom. The average Bonchev–Trinajstić information content (AvgIpc) is 2.33. The zero-order valence-corrected chi connectivity index (χ0v) is 10.6. The smallest absolute Gasteiger partial charge is 0.175 e. The Morgan fingerprint density at radius 1 is 1.47 bits per heavy atom. The highest BCUT2D eigenvalue weighted by molar-refractivity contribution is 5.35. The maximum atomic E-state index is 4.47. The maximum absolute atomic E-state index is 4.47. The fraction of sp³-hybridized carbons (Fsp3) is 0.538. The normalized spacial score (nSPS) is 18.5. The van der Waals surface area contributed by atoms with E-state index in [1.165, 1.54) is 12.8 Å². The molecule has 4 heteroatoms. The van der Waals surface area contributed by atoms with Crippen molar-refractivity contribution in [3.8, 4) is 0 Å². The first kappa shape index (κ1) is 11.9. The van der Waals surface area contributed by atoms with Crippen molar-refractivity contribution in [1.82, 2.24) is 9.55 Å². The van der Waals surface area contributed by atoms with Gasteiger partial charge in [-0.05, 0) is 18.8 Å². The van der Waals surface area contributed by atoms with Crippen LogP contribution in [0, 0.1) is 5.92 Å². The predicted octanol–water partition coefficient (Wildman–Crippen LogP) is 1.70. The van der Waals surface area contributed by atoms with Gasteiger partial charge in [0, 0.05) is 38.7 Å². The molecule has 2 heterocycles. The number of hydrogen-bond acceptors (Lipinski definition) is 3. The molecule has 1 saturated heterocycles. The Balaban J connectivity index is 2.35. The van der Waals surface area contributed by atoms with Crippen LogP contribution in [-0.4, -0.2) is 22.6 Å². The number of nitrogens with zero attached hydrogens (tertiary/aromatic N) is 4. The van der Waals surface area contributed by atoms with Gasteiger partial charge in [-0.1, -0.05) is 13.5 Å². The Morgan fingerprint density at radius 2 is 2.18 bits per heavy atom. The van der Waals surface area contributed by atoms with Crippen LogP contribution >= 0.6 is 0 Å². The second-order valence-corrected chi connectivity index (χ2v) is 4.67. The molecular weight excluding hydrogens is 212 g/mol. The quantitative estimate of drug-likeness (QED) is 0.777. The summed E-state index contributed by atoms with van der Waals surface area (Å²) in [6, 6.07) is 0. The van der Waals surface area contributed by atoms with Crippen molar-refractivity contribution in [3.63, 3.8) is 0 Å². The van der Waals surface area contributed by atoms with Gasteiger partial charge in [0.1, 0.15) is 0 Å². The van der Waals surface area contributed by atoms with Crippen LogP contribution in [0.1, 0.15) is 19.8 Å². The molecule has 1 aromatic rings. The van der Waals surface area contributed by atoms with E-state index in [2.05, 4.69) is 28.4 Å². The molecule has 2 rings (SSSR count).